The smallest absolute Gasteiger partial charge is 0.220 e. The second kappa shape index (κ2) is 6.66. The van der Waals surface area contributed by atoms with Crippen LogP contribution in [0.3, 0.4) is 0 Å². The van der Waals surface area contributed by atoms with Gasteiger partial charge in [-0.2, -0.15) is 0 Å². The zero-order valence-electron chi connectivity index (χ0n) is 17.1. The first-order valence-electron chi connectivity index (χ1n) is 9.51. The molecule has 0 fully saturated rings. The van der Waals surface area contributed by atoms with Crippen LogP contribution in [0.5, 0.6) is 5.75 Å². The molecular weight excluding hydrogens is 352 g/mol. The lowest BCUT2D eigenvalue weighted by atomic mass is 9.96. The van der Waals surface area contributed by atoms with Gasteiger partial charge in [0.15, 0.2) is 0 Å². The summed E-state index contributed by atoms with van der Waals surface area (Å²) in [6.07, 6.45) is 0. The van der Waals surface area contributed by atoms with Crippen molar-refractivity contribution in [2.75, 3.05) is 20.3 Å². The van der Waals surface area contributed by atoms with E-state index in [0.717, 1.165) is 28.0 Å². The molecule has 0 saturated heterocycles. The summed E-state index contributed by atoms with van der Waals surface area (Å²) in [4.78, 5) is 9.53. The Balaban J connectivity index is 1.92. The average Bonchev–Trinajstić information content (AvgIpc) is 3.22. The van der Waals surface area contributed by atoms with Gasteiger partial charge in [0, 0.05) is 5.56 Å². The molecule has 0 atom stereocenters. The van der Waals surface area contributed by atoms with Crippen LogP contribution < -0.4 is 4.74 Å². The van der Waals surface area contributed by atoms with E-state index in [2.05, 4.69) is 39.8 Å². The van der Waals surface area contributed by atoms with Crippen molar-refractivity contribution in [1.82, 2.24) is 0 Å². The minimum atomic E-state index is -0.248. The molecule has 0 bridgehead atoms. The van der Waals surface area contributed by atoms with Gasteiger partial charge in [0.05, 0.1) is 23.8 Å². The van der Waals surface area contributed by atoms with Crippen molar-refractivity contribution in [2.45, 2.75) is 38.8 Å². The zero-order chi connectivity index (χ0) is 19.9. The maximum Gasteiger partial charge on any atom is 0.220 e. The largest absolute Gasteiger partial charge is 0.496 e. The molecular formula is C23H26N2O3. The fraction of sp³-hybridized carbons (Fsp3) is 0.391. The first kappa shape index (κ1) is 18.5. The number of ether oxygens (including phenoxy) is 3. The number of hydrogen-bond donors (Lipinski definition) is 0. The molecule has 0 unspecified atom stereocenters. The number of hydrogen-bond acceptors (Lipinski definition) is 5. The van der Waals surface area contributed by atoms with Crippen LogP contribution in [0, 0.1) is 0 Å². The van der Waals surface area contributed by atoms with Crippen molar-refractivity contribution in [1.29, 1.82) is 0 Å². The van der Waals surface area contributed by atoms with Gasteiger partial charge < -0.3 is 14.2 Å². The third kappa shape index (κ3) is 3.49. The first-order chi connectivity index (χ1) is 13.3. The van der Waals surface area contributed by atoms with E-state index in [-0.39, 0.29) is 11.1 Å². The molecule has 146 valence electrons. The monoisotopic (exact) mass is 378 g/mol. The van der Waals surface area contributed by atoms with Crippen LogP contribution in [0.25, 0.3) is 11.1 Å². The quantitative estimate of drug-likeness (QED) is 0.789. The van der Waals surface area contributed by atoms with Crippen molar-refractivity contribution < 1.29 is 14.2 Å². The SMILES string of the molecule is COc1cc(-c2ccccc2)c(C2=NC(C)(C)CO2)cc1C1=NC(C)(C)CO1. The minimum absolute atomic E-state index is 0.243. The number of aliphatic imine (C=N–C) groups is 2. The van der Waals surface area contributed by atoms with Gasteiger partial charge in [-0.1, -0.05) is 30.3 Å². The van der Waals surface area contributed by atoms with E-state index >= 15 is 0 Å². The Morgan fingerprint density at radius 2 is 1.36 bits per heavy atom. The van der Waals surface area contributed by atoms with E-state index in [0.29, 0.717) is 25.0 Å². The van der Waals surface area contributed by atoms with Crippen LogP contribution in [0.1, 0.15) is 38.8 Å². The van der Waals surface area contributed by atoms with Crippen molar-refractivity contribution >= 4 is 11.8 Å². The molecule has 0 aliphatic carbocycles. The Hall–Kier alpha value is -2.82. The van der Waals surface area contributed by atoms with E-state index in [4.69, 9.17) is 24.2 Å². The number of rotatable bonds is 4. The average molecular weight is 378 g/mol. The normalized spacial score (nSPS) is 19.5. The van der Waals surface area contributed by atoms with Crippen LogP contribution >= 0.6 is 0 Å². The van der Waals surface area contributed by atoms with Crippen molar-refractivity contribution in [2.24, 2.45) is 9.98 Å². The maximum atomic E-state index is 5.98. The molecule has 0 N–H and O–H groups in total. The minimum Gasteiger partial charge on any atom is -0.496 e. The van der Waals surface area contributed by atoms with Gasteiger partial charge in [0.25, 0.3) is 0 Å². The highest BCUT2D eigenvalue weighted by Crippen LogP contribution is 2.36. The molecule has 0 aromatic heterocycles. The molecule has 2 aliphatic rings. The van der Waals surface area contributed by atoms with Gasteiger partial charge in [0.1, 0.15) is 19.0 Å². The lowest BCUT2D eigenvalue weighted by molar-refractivity contribution is 0.278. The third-order valence-electron chi connectivity index (χ3n) is 4.82. The summed E-state index contributed by atoms with van der Waals surface area (Å²) in [5.74, 6) is 1.96. The van der Waals surface area contributed by atoms with E-state index in [1.807, 2.05) is 30.3 Å². The summed E-state index contributed by atoms with van der Waals surface area (Å²) in [6.45, 7) is 9.35. The third-order valence-corrected chi connectivity index (χ3v) is 4.82. The summed E-state index contributed by atoms with van der Waals surface area (Å²) >= 11 is 0. The lowest BCUT2D eigenvalue weighted by Crippen LogP contribution is -2.17. The standard InChI is InChI=1S/C23H26N2O3/c1-22(2)13-27-20(24-22)17-11-18(21-25-23(3,4)14-28-21)19(26-5)12-16(17)15-9-7-6-8-10-15/h6-12H,13-14H2,1-5H3. The Morgan fingerprint density at radius 3 is 1.86 bits per heavy atom. The predicted molar refractivity (Wildman–Crippen MR) is 112 cm³/mol. The molecule has 4 rings (SSSR count). The Bertz CT molecular complexity index is 959. The Morgan fingerprint density at radius 1 is 0.786 bits per heavy atom. The second-order valence-corrected chi connectivity index (χ2v) is 8.50. The van der Waals surface area contributed by atoms with Crippen LogP contribution in [-0.4, -0.2) is 43.2 Å². The number of benzene rings is 2. The second-order valence-electron chi connectivity index (χ2n) is 8.50. The molecule has 5 nitrogen and oxygen atoms in total. The predicted octanol–water partition coefficient (Wildman–Crippen LogP) is 4.47. The zero-order valence-corrected chi connectivity index (χ0v) is 17.1. The van der Waals surface area contributed by atoms with E-state index in [1.165, 1.54) is 0 Å². The highest BCUT2D eigenvalue weighted by atomic mass is 16.5. The van der Waals surface area contributed by atoms with Crippen molar-refractivity contribution in [3.8, 4) is 16.9 Å². The summed E-state index contributed by atoms with van der Waals surface area (Å²) in [6, 6.07) is 14.2. The first-order valence-corrected chi connectivity index (χ1v) is 9.51. The Kier molecular flexibility index (Phi) is 4.41. The summed E-state index contributed by atoms with van der Waals surface area (Å²) in [5, 5.41) is 0. The lowest BCUT2D eigenvalue weighted by Gasteiger charge is -2.15. The number of methoxy groups -OCH3 is 1. The molecule has 2 aromatic rings. The van der Waals surface area contributed by atoms with E-state index in [1.54, 1.807) is 7.11 Å². The highest BCUT2D eigenvalue weighted by molar-refractivity contribution is 6.07. The van der Waals surface area contributed by atoms with Gasteiger partial charge in [0.2, 0.25) is 11.8 Å². The molecule has 0 amide bonds. The van der Waals surface area contributed by atoms with Gasteiger partial charge in [-0.25, -0.2) is 9.98 Å². The highest BCUT2D eigenvalue weighted by Gasteiger charge is 2.32. The molecule has 0 spiro atoms. The van der Waals surface area contributed by atoms with Crippen molar-refractivity contribution in [3.05, 3.63) is 53.6 Å². The molecule has 2 aliphatic heterocycles. The van der Waals surface area contributed by atoms with E-state index in [9.17, 15) is 0 Å². The molecule has 5 heteroatoms. The van der Waals surface area contributed by atoms with Gasteiger partial charge in [-0.3, -0.25) is 0 Å². The fourth-order valence-corrected chi connectivity index (χ4v) is 3.39. The van der Waals surface area contributed by atoms with Crippen LogP contribution in [-0.2, 0) is 9.47 Å². The summed E-state index contributed by atoms with van der Waals surface area (Å²) in [7, 11) is 1.67. The van der Waals surface area contributed by atoms with Crippen LogP contribution in [0.15, 0.2) is 52.4 Å². The molecule has 0 radical (unpaired) electrons. The maximum absolute atomic E-state index is 5.98. The molecule has 2 heterocycles. The molecule has 28 heavy (non-hydrogen) atoms. The number of nitrogens with zero attached hydrogens (tertiary/aromatic N) is 2. The van der Waals surface area contributed by atoms with Gasteiger partial charge in [-0.15, -0.1) is 0 Å². The topological polar surface area (TPSA) is 52.4 Å². The summed E-state index contributed by atoms with van der Waals surface area (Å²) < 4.78 is 17.6. The fourth-order valence-electron chi connectivity index (χ4n) is 3.39. The van der Waals surface area contributed by atoms with Gasteiger partial charge >= 0.3 is 0 Å². The van der Waals surface area contributed by atoms with Crippen LogP contribution in [0.4, 0.5) is 0 Å². The summed E-state index contributed by atoms with van der Waals surface area (Å²) in [5.41, 5.74) is 3.33. The van der Waals surface area contributed by atoms with Crippen molar-refractivity contribution in [3.63, 3.8) is 0 Å². The Labute approximate surface area is 166 Å². The van der Waals surface area contributed by atoms with E-state index < -0.39 is 0 Å². The molecule has 0 saturated carbocycles. The molecule has 2 aromatic carbocycles. The van der Waals surface area contributed by atoms with Crippen LogP contribution in [0.2, 0.25) is 0 Å². The van der Waals surface area contributed by atoms with Gasteiger partial charge in [-0.05, 0) is 51.0 Å².